The fourth-order valence-electron chi connectivity index (χ4n) is 2.43. The molecule has 1 atom stereocenters. The van der Waals surface area contributed by atoms with Crippen molar-refractivity contribution >= 4 is 11.9 Å². The second kappa shape index (κ2) is 7.39. The normalized spacial score (nSPS) is 17.8. The van der Waals surface area contributed by atoms with Crippen LogP contribution in [0.25, 0.3) is 0 Å². The average Bonchev–Trinajstić information content (AvgIpc) is 2.77. The van der Waals surface area contributed by atoms with E-state index < -0.39 is 17.9 Å². The standard InChI is InChI=1S/C14H24O4/c1-4-17-13(15)12(14(16)18-10(2)3)9-11-7-5-6-8-11/h10-12H,4-9H2,1-3H3. The van der Waals surface area contributed by atoms with Crippen molar-refractivity contribution in [2.45, 2.75) is 59.0 Å². The van der Waals surface area contributed by atoms with E-state index in [0.717, 1.165) is 12.8 Å². The molecular formula is C14H24O4. The van der Waals surface area contributed by atoms with Gasteiger partial charge in [0, 0.05) is 0 Å². The van der Waals surface area contributed by atoms with Gasteiger partial charge in [0.2, 0.25) is 0 Å². The minimum absolute atomic E-state index is 0.196. The molecule has 104 valence electrons. The molecule has 0 bridgehead atoms. The number of rotatable bonds is 6. The van der Waals surface area contributed by atoms with Crippen molar-refractivity contribution in [1.82, 2.24) is 0 Å². The van der Waals surface area contributed by atoms with Crippen LogP contribution in [0.5, 0.6) is 0 Å². The summed E-state index contributed by atoms with van der Waals surface area (Å²) in [7, 11) is 0. The smallest absolute Gasteiger partial charge is 0.320 e. The number of ether oxygens (including phenoxy) is 2. The second-order valence-electron chi connectivity index (χ2n) is 5.18. The summed E-state index contributed by atoms with van der Waals surface area (Å²) >= 11 is 0. The van der Waals surface area contributed by atoms with Crippen LogP contribution in [0.1, 0.15) is 52.9 Å². The minimum atomic E-state index is -0.740. The van der Waals surface area contributed by atoms with Crippen LogP contribution in [0.4, 0.5) is 0 Å². The van der Waals surface area contributed by atoms with Gasteiger partial charge in [0.15, 0.2) is 5.92 Å². The Kier molecular flexibility index (Phi) is 6.16. The first-order valence-electron chi connectivity index (χ1n) is 6.91. The third-order valence-corrected chi connectivity index (χ3v) is 3.25. The van der Waals surface area contributed by atoms with Crippen molar-refractivity contribution in [2.75, 3.05) is 6.61 Å². The zero-order chi connectivity index (χ0) is 13.5. The van der Waals surface area contributed by atoms with E-state index in [1.54, 1.807) is 20.8 Å². The van der Waals surface area contributed by atoms with Crippen LogP contribution < -0.4 is 0 Å². The largest absolute Gasteiger partial charge is 0.465 e. The molecule has 4 heteroatoms. The lowest BCUT2D eigenvalue weighted by molar-refractivity contribution is -0.165. The Balaban J connectivity index is 2.60. The summed E-state index contributed by atoms with van der Waals surface area (Å²) in [5, 5.41) is 0. The van der Waals surface area contributed by atoms with Gasteiger partial charge in [0.25, 0.3) is 0 Å². The topological polar surface area (TPSA) is 52.6 Å². The molecule has 1 rings (SSSR count). The van der Waals surface area contributed by atoms with E-state index in [0.29, 0.717) is 18.9 Å². The monoisotopic (exact) mass is 256 g/mol. The molecule has 4 nitrogen and oxygen atoms in total. The van der Waals surface area contributed by atoms with Crippen molar-refractivity contribution in [3.8, 4) is 0 Å². The predicted molar refractivity (Wildman–Crippen MR) is 67.9 cm³/mol. The van der Waals surface area contributed by atoms with Crippen LogP contribution in [-0.2, 0) is 19.1 Å². The number of hydrogen-bond acceptors (Lipinski definition) is 4. The summed E-state index contributed by atoms with van der Waals surface area (Å²) < 4.78 is 10.1. The lowest BCUT2D eigenvalue weighted by atomic mass is 9.93. The number of carbonyl (C=O) groups excluding carboxylic acids is 2. The number of carbonyl (C=O) groups is 2. The summed E-state index contributed by atoms with van der Waals surface area (Å²) in [6.45, 7) is 5.62. The Hall–Kier alpha value is -1.06. The van der Waals surface area contributed by atoms with Gasteiger partial charge < -0.3 is 9.47 Å². The number of hydrogen-bond donors (Lipinski definition) is 0. The van der Waals surface area contributed by atoms with Crippen molar-refractivity contribution in [3.05, 3.63) is 0 Å². The predicted octanol–water partition coefficient (Wildman–Crippen LogP) is 2.70. The molecule has 0 aromatic rings. The molecule has 1 aliphatic rings. The van der Waals surface area contributed by atoms with E-state index in [2.05, 4.69) is 0 Å². The zero-order valence-corrected chi connectivity index (χ0v) is 11.6. The minimum Gasteiger partial charge on any atom is -0.465 e. The Morgan fingerprint density at radius 1 is 1.17 bits per heavy atom. The lowest BCUT2D eigenvalue weighted by Crippen LogP contribution is -2.31. The van der Waals surface area contributed by atoms with E-state index in [9.17, 15) is 9.59 Å². The highest BCUT2D eigenvalue weighted by atomic mass is 16.6. The Bertz CT molecular complexity index is 280. The highest BCUT2D eigenvalue weighted by Gasteiger charge is 2.33. The first-order valence-corrected chi connectivity index (χ1v) is 6.91. The van der Waals surface area contributed by atoms with Crippen LogP contribution in [0, 0.1) is 11.8 Å². The van der Waals surface area contributed by atoms with E-state index in [4.69, 9.17) is 9.47 Å². The van der Waals surface area contributed by atoms with Crippen LogP contribution >= 0.6 is 0 Å². The highest BCUT2D eigenvalue weighted by Crippen LogP contribution is 2.31. The van der Waals surface area contributed by atoms with E-state index in [1.807, 2.05) is 0 Å². The van der Waals surface area contributed by atoms with Crippen molar-refractivity contribution in [3.63, 3.8) is 0 Å². The molecule has 0 heterocycles. The molecule has 0 N–H and O–H groups in total. The third kappa shape index (κ3) is 4.67. The molecule has 1 aliphatic carbocycles. The Labute approximate surface area is 109 Å². The van der Waals surface area contributed by atoms with Crippen molar-refractivity contribution in [1.29, 1.82) is 0 Å². The maximum absolute atomic E-state index is 11.9. The summed E-state index contributed by atoms with van der Waals surface area (Å²) in [5.41, 5.74) is 0. The van der Waals surface area contributed by atoms with E-state index in [-0.39, 0.29) is 6.10 Å². The summed E-state index contributed by atoms with van der Waals surface area (Å²) in [6.07, 6.45) is 4.97. The Morgan fingerprint density at radius 3 is 2.28 bits per heavy atom. The van der Waals surface area contributed by atoms with Gasteiger partial charge in [-0.2, -0.15) is 0 Å². The number of esters is 2. The first-order chi connectivity index (χ1) is 8.54. The van der Waals surface area contributed by atoms with Crippen LogP contribution in [0.2, 0.25) is 0 Å². The molecule has 0 aromatic heterocycles. The van der Waals surface area contributed by atoms with Gasteiger partial charge in [-0.3, -0.25) is 9.59 Å². The molecule has 18 heavy (non-hydrogen) atoms. The highest BCUT2D eigenvalue weighted by molar-refractivity contribution is 5.94. The van der Waals surface area contributed by atoms with Crippen LogP contribution in [-0.4, -0.2) is 24.6 Å². The summed E-state index contributed by atoms with van der Waals surface area (Å²) in [4.78, 5) is 23.8. The molecule has 0 spiro atoms. The van der Waals surface area contributed by atoms with Gasteiger partial charge in [-0.15, -0.1) is 0 Å². The lowest BCUT2D eigenvalue weighted by Gasteiger charge is -2.19. The van der Waals surface area contributed by atoms with E-state index in [1.165, 1.54) is 12.8 Å². The molecule has 1 unspecified atom stereocenters. The van der Waals surface area contributed by atoms with Crippen LogP contribution in [0.3, 0.4) is 0 Å². The van der Waals surface area contributed by atoms with Crippen LogP contribution in [0.15, 0.2) is 0 Å². The van der Waals surface area contributed by atoms with Gasteiger partial charge in [0.1, 0.15) is 0 Å². The quantitative estimate of drug-likeness (QED) is 0.541. The van der Waals surface area contributed by atoms with Crippen molar-refractivity contribution in [2.24, 2.45) is 11.8 Å². The molecular weight excluding hydrogens is 232 g/mol. The van der Waals surface area contributed by atoms with Crippen molar-refractivity contribution < 1.29 is 19.1 Å². The van der Waals surface area contributed by atoms with E-state index >= 15 is 0 Å². The molecule has 1 fully saturated rings. The third-order valence-electron chi connectivity index (χ3n) is 3.25. The van der Waals surface area contributed by atoms with Gasteiger partial charge in [0.05, 0.1) is 12.7 Å². The van der Waals surface area contributed by atoms with Gasteiger partial charge in [-0.25, -0.2) is 0 Å². The maximum Gasteiger partial charge on any atom is 0.320 e. The molecule has 0 saturated heterocycles. The summed E-state index contributed by atoms with van der Waals surface area (Å²) in [5.74, 6) is -1.15. The molecule has 0 aromatic carbocycles. The zero-order valence-electron chi connectivity index (χ0n) is 11.6. The SMILES string of the molecule is CCOC(=O)C(CC1CCCC1)C(=O)OC(C)C. The molecule has 1 saturated carbocycles. The molecule has 0 amide bonds. The fraction of sp³-hybridized carbons (Fsp3) is 0.857. The first kappa shape index (κ1) is 15.0. The average molecular weight is 256 g/mol. The fourth-order valence-corrected chi connectivity index (χ4v) is 2.43. The molecule has 0 aliphatic heterocycles. The van der Waals surface area contributed by atoms with Gasteiger partial charge in [-0.05, 0) is 33.1 Å². The summed E-state index contributed by atoms with van der Waals surface area (Å²) in [6, 6.07) is 0. The second-order valence-corrected chi connectivity index (χ2v) is 5.18. The Morgan fingerprint density at radius 2 is 1.78 bits per heavy atom. The van der Waals surface area contributed by atoms with Gasteiger partial charge in [-0.1, -0.05) is 25.7 Å². The molecule has 0 radical (unpaired) electrons. The maximum atomic E-state index is 11.9. The van der Waals surface area contributed by atoms with Gasteiger partial charge >= 0.3 is 11.9 Å².